The lowest BCUT2D eigenvalue weighted by atomic mass is 9.60. The summed E-state index contributed by atoms with van der Waals surface area (Å²) >= 11 is 0. The molecule has 93 heavy (non-hydrogen) atoms. The van der Waals surface area contributed by atoms with Crippen LogP contribution in [0.4, 0.5) is 23.3 Å². The largest absolute Gasteiger partial charge is 0.452 e. The van der Waals surface area contributed by atoms with E-state index in [9.17, 15) is 0 Å². The lowest BCUT2D eigenvalue weighted by molar-refractivity contribution is -0.658. The molecule has 14 nitrogen and oxygen atoms in total. The smallest absolute Gasteiger partial charge is 0.405 e. The average molecular weight is 1230 g/mol. The van der Waals surface area contributed by atoms with Gasteiger partial charge in [0, 0.05) is 66.1 Å². The van der Waals surface area contributed by atoms with Crippen molar-refractivity contribution in [1.29, 1.82) is 0 Å². The third-order valence-corrected chi connectivity index (χ3v) is 18.4. The first-order valence-electron chi connectivity index (χ1n) is 34.7. The normalized spacial score (nSPS) is 15.4. The average Bonchev–Trinajstić information content (AvgIpc) is 1.70. The molecule has 0 unspecified atom stereocenters. The highest BCUT2D eigenvalue weighted by Crippen LogP contribution is 2.26. The molecule has 0 spiro atoms. The van der Waals surface area contributed by atoms with E-state index in [0.717, 1.165) is 98.9 Å². The molecule has 0 aliphatic carbocycles. The standard InChI is InChI=1S/C20H22BN2O.C19H20BN2O.2C18H19BN3O/c1-13-10-19(22(5)12-14(13)2)23-15(3)20-17(11-21(23)4)16-8-6-7-9-18(16)24-20;1-13-9-10-21(4)18(11-13)22-14(2)19-16(12-20(22)3)15-7-5-6-8-17(15)23-19;1-12-7-8-16(21(4)11-12)22-13(2)17-14-6-5-9-20-18(14)23-15(17)10-19(22)3;1-12-7-9-21(4)16(10-12)22-13(2)17-14-6-5-8-20-18(14)23-15(17)11-19(22)3/h6-12H,1-5H3;5-12H,1-4H3;2*5-11H,1-4H3/q4*+1/i2D3;;1D3;. The molecule has 0 saturated carbocycles. The Labute approximate surface area is 552 Å². The number of benzene rings is 2. The van der Waals surface area contributed by atoms with E-state index in [2.05, 4.69) is 206 Å². The van der Waals surface area contributed by atoms with Crippen LogP contribution in [0.15, 0.2) is 170 Å². The van der Waals surface area contributed by atoms with Crippen LogP contribution in [0.1, 0.15) is 63.7 Å². The molecule has 4 aliphatic rings. The maximum absolute atomic E-state index is 7.74. The first-order valence-corrected chi connectivity index (χ1v) is 31.7. The molecule has 0 atom stereocenters. The van der Waals surface area contributed by atoms with Crippen LogP contribution in [0.5, 0.6) is 0 Å². The number of furan rings is 4. The van der Waals surface area contributed by atoms with E-state index in [1.165, 1.54) is 39.1 Å². The van der Waals surface area contributed by atoms with Gasteiger partial charge in [-0.05, 0) is 184 Å². The molecular formula is C75H80B4N10O4+4. The summed E-state index contributed by atoms with van der Waals surface area (Å²) < 4.78 is 78.3. The SMILES string of the molecule is CB1C=c2c(oc3ccccc23)=C(C)N1c1cc(C)cc[n+]1C.CB1C=c2oc3ncccc3c2=C(C)N1c1cc(C)cc[n+]1C.[2H]C([2H])([2H])c1c[n+](C)c(N2B(C)C=c3c(oc4ccccc34)=C2C)cc1C.[2H]C([2H])([2H])c1ccc(N2B(C)C=c3oc4ncccc4c3=C2C)[n+](C)c1. The Hall–Kier alpha value is -10.1. The van der Waals surface area contributed by atoms with E-state index in [-0.39, 0.29) is 27.4 Å². The summed E-state index contributed by atoms with van der Waals surface area (Å²) in [6.07, 6.45) is 11.1. The van der Waals surface area contributed by atoms with Crippen molar-refractivity contribution in [3.05, 3.63) is 223 Å². The van der Waals surface area contributed by atoms with Crippen molar-refractivity contribution in [3.63, 3.8) is 0 Å². The van der Waals surface area contributed by atoms with Crippen molar-refractivity contribution in [1.82, 2.24) is 9.97 Å². The van der Waals surface area contributed by atoms with Crippen LogP contribution in [0.3, 0.4) is 0 Å². The van der Waals surface area contributed by atoms with Crippen LogP contribution < -0.4 is 80.0 Å². The van der Waals surface area contributed by atoms with Crippen LogP contribution in [-0.2, 0) is 28.2 Å². The summed E-state index contributed by atoms with van der Waals surface area (Å²) in [5.41, 5.74) is 15.2. The Balaban J connectivity index is 0.000000119. The first-order chi connectivity index (χ1) is 47.1. The van der Waals surface area contributed by atoms with Crippen molar-refractivity contribution in [2.45, 2.75) is 89.5 Å². The summed E-state index contributed by atoms with van der Waals surface area (Å²) in [4.78, 5) is 17.8. The predicted octanol–water partition coefficient (Wildman–Crippen LogP) is 7.72. The van der Waals surface area contributed by atoms with Gasteiger partial charge in [-0.3, -0.25) is 19.2 Å². The number of aromatic nitrogens is 6. The quantitative estimate of drug-likeness (QED) is 0.129. The number of hydrogen-bond acceptors (Lipinski definition) is 10. The molecule has 2 aromatic carbocycles. The van der Waals surface area contributed by atoms with E-state index >= 15 is 0 Å². The Morgan fingerprint density at radius 1 is 0.398 bits per heavy atom. The molecule has 16 rings (SSSR count). The van der Waals surface area contributed by atoms with Crippen LogP contribution in [0.25, 0.3) is 90.8 Å². The fourth-order valence-corrected chi connectivity index (χ4v) is 13.9. The van der Waals surface area contributed by atoms with Crippen LogP contribution in [0, 0.1) is 34.5 Å². The molecule has 0 N–H and O–H groups in total. The molecule has 10 aromatic heterocycles. The van der Waals surface area contributed by atoms with Crippen molar-refractivity contribution in [2.24, 2.45) is 28.2 Å². The van der Waals surface area contributed by atoms with Gasteiger partial charge in [-0.25, -0.2) is 28.2 Å². The van der Waals surface area contributed by atoms with Crippen LogP contribution in [-0.4, -0.2) is 37.4 Å². The van der Waals surface area contributed by atoms with E-state index in [1.807, 2.05) is 90.8 Å². The number of anilines is 4. The number of para-hydroxylation sites is 2. The summed E-state index contributed by atoms with van der Waals surface area (Å²) in [5, 5.41) is 8.90. The second-order valence-electron chi connectivity index (χ2n) is 25.1. The number of pyridine rings is 6. The molecule has 462 valence electrons. The molecule has 0 radical (unpaired) electrons. The van der Waals surface area contributed by atoms with E-state index in [0.29, 0.717) is 22.6 Å². The minimum absolute atomic E-state index is 0.0628. The maximum Gasteiger partial charge on any atom is 0.405 e. The third kappa shape index (κ3) is 11.1. The van der Waals surface area contributed by atoms with Crippen molar-refractivity contribution in [2.75, 3.05) is 19.2 Å². The van der Waals surface area contributed by atoms with E-state index in [1.54, 1.807) is 30.9 Å². The number of nitrogens with zero attached hydrogens (tertiary/aromatic N) is 10. The minimum atomic E-state index is -2.12. The first kappa shape index (κ1) is 54.6. The predicted molar refractivity (Wildman–Crippen MR) is 382 cm³/mol. The fraction of sp³-hybridized carbons (Fsp3) is 0.227. The van der Waals surface area contributed by atoms with Gasteiger partial charge in [0.2, 0.25) is 11.4 Å². The fourth-order valence-electron chi connectivity index (χ4n) is 13.9. The highest BCUT2D eigenvalue weighted by Gasteiger charge is 2.38. The van der Waals surface area contributed by atoms with E-state index < -0.39 is 13.7 Å². The van der Waals surface area contributed by atoms with Gasteiger partial charge >= 0.3 is 27.4 Å². The molecular weight excluding hydrogens is 1150 g/mol. The molecule has 18 heteroatoms. The van der Waals surface area contributed by atoms with Crippen LogP contribution in [0.2, 0.25) is 27.3 Å². The lowest BCUT2D eigenvalue weighted by Crippen LogP contribution is -2.50. The molecule has 4 aliphatic heterocycles. The topological polar surface area (TPSA) is 107 Å². The molecule has 0 bridgehead atoms. The molecule has 14 heterocycles. The number of fused-ring (bicyclic) bond motifs is 12. The Bertz CT molecular complexity index is 5810. The van der Waals surface area contributed by atoms with Gasteiger partial charge in [0.15, 0.2) is 10.8 Å². The van der Waals surface area contributed by atoms with Gasteiger partial charge in [-0.1, -0.05) is 48.3 Å². The second-order valence-corrected chi connectivity index (χ2v) is 25.1. The van der Waals surface area contributed by atoms with Gasteiger partial charge in [0.1, 0.15) is 33.4 Å². The summed E-state index contributed by atoms with van der Waals surface area (Å²) in [5.74, 6) is 13.0. The maximum atomic E-state index is 7.74. The second kappa shape index (κ2) is 24.5. The zero-order chi connectivity index (χ0) is 70.4. The Morgan fingerprint density at radius 3 is 1.30 bits per heavy atom. The highest BCUT2D eigenvalue weighted by atomic mass is 16.3. The van der Waals surface area contributed by atoms with E-state index in [4.69, 9.17) is 25.9 Å². The minimum Gasteiger partial charge on any atom is -0.452 e. The van der Waals surface area contributed by atoms with Crippen molar-refractivity contribution in [3.8, 4) is 0 Å². The van der Waals surface area contributed by atoms with Crippen molar-refractivity contribution >= 4 is 141 Å². The van der Waals surface area contributed by atoms with Gasteiger partial charge in [0.05, 0.1) is 85.6 Å². The number of aryl methyl sites for hydroxylation is 9. The van der Waals surface area contributed by atoms with Crippen molar-refractivity contribution < 1.29 is 44.2 Å². The van der Waals surface area contributed by atoms with Gasteiger partial charge in [-0.15, -0.1) is 0 Å². The van der Waals surface area contributed by atoms with Crippen LogP contribution >= 0.6 is 0 Å². The number of hydrogen-bond donors (Lipinski definition) is 0. The van der Waals surface area contributed by atoms with Gasteiger partial charge < -0.3 is 17.7 Å². The Kier molecular flexibility index (Phi) is 14.4. The van der Waals surface area contributed by atoms with Gasteiger partial charge in [-0.2, -0.15) is 0 Å². The third-order valence-electron chi connectivity index (χ3n) is 18.4. The zero-order valence-electron chi connectivity index (χ0n) is 61.7. The molecule has 12 aromatic rings. The molecule has 0 fully saturated rings. The number of rotatable bonds is 4. The molecule has 0 saturated heterocycles. The van der Waals surface area contributed by atoms with Gasteiger partial charge in [0.25, 0.3) is 23.3 Å². The summed E-state index contributed by atoms with van der Waals surface area (Å²) in [6.45, 7) is 19.6. The summed E-state index contributed by atoms with van der Waals surface area (Å²) in [7, 11) is 7.93. The highest BCUT2D eigenvalue weighted by molar-refractivity contribution is 6.79. The summed E-state index contributed by atoms with van der Waals surface area (Å²) in [6, 6.07) is 38.5. The lowest BCUT2D eigenvalue weighted by Gasteiger charge is -2.24. The zero-order valence-corrected chi connectivity index (χ0v) is 55.7. The monoisotopic (exact) mass is 1230 g/mol. The molecule has 0 amide bonds. The Morgan fingerprint density at radius 2 is 0.828 bits per heavy atom.